The maximum Gasteiger partial charge on any atom is 0.247 e. The number of carbonyl (C=O) groups excluding carboxylic acids is 2. The highest BCUT2D eigenvalue weighted by Gasteiger charge is 2.68. The van der Waals surface area contributed by atoms with Crippen LogP contribution in [0.25, 0.3) is 16.5 Å². The van der Waals surface area contributed by atoms with Crippen LogP contribution < -0.4 is 5.32 Å². The number of hydrogen-bond acceptors (Lipinski definition) is 5. The molecular formula is C49H62N2O5. The molecule has 2 fully saturated rings. The van der Waals surface area contributed by atoms with Gasteiger partial charge in [-0.05, 0) is 134 Å². The monoisotopic (exact) mass is 758 g/mol. The van der Waals surface area contributed by atoms with Crippen molar-refractivity contribution in [2.75, 3.05) is 0 Å². The number of aliphatic hydroxyl groups is 2. The SMILES string of the molecule is C#CCC(C)(C)NC(=O)/C(C)=C/C=C/C1(C)C(O)CCC2(C)C1CCC1Cc3c(n4c5c(c6c(cc35)C3=CC(C)(C)OC(C)(C)C3C6O)C(=O)C4C(=C)C)C12C. The van der Waals surface area contributed by atoms with Gasteiger partial charge >= 0.3 is 0 Å². The van der Waals surface area contributed by atoms with Crippen molar-refractivity contribution in [1.29, 1.82) is 0 Å². The third kappa shape index (κ3) is 5.07. The van der Waals surface area contributed by atoms with E-state index in [2.05, 4.69) is 89.1 Å². The van der Waals surface area contributed by atoms with Crippen LogP contribution in [0.5, 0.6) is 0 Å². The predicted molar refractivity (Wildman–Crippen MR) is 223 cm³/mol. The number of nitrogens with zero attached hydrogens (tertiary/aromatic N) is 1. The van der Waals surface area contributed by atoms with Gasteiger partial charge < -0.3 is 24.8 Å². The highest BCUT2D eigenvalue weighted by atomic mass is 16.5. The lowest BCUT2D eigenvalue weighted by Crippen LogP contribution is -2.62. The van der Waals surface area contributed by atoms with Gasteiger partial charge in [0.05, 0.1) is 34.5 Å². The van der Waals surface area contributed by atoms with Crippen molar-refractivity contribution in [2.24, 2.45) is 28.6 Å². The molecule has 0 bridgehead atoms. The Bertz CT molecular complexity index is 2260. The first-order valence-electron chi connectivity index (χ1n) is 20.8. The average molecular weight is 759 g/mol. The van der Waals surface area contributed by atoms with Gasteiger partial charge in [0.2, 0.25) is 5.91 Å². The number of aromatic nitrogens is 1. The van der Waals surface area contributed by atoms with Crippen LogP contribution in [0, 0.1) is 40.9 Å². The first-order valence-corrected chi connectivity index (χ1v) is 20.8. The highest BCUT2D eigenvalue weighted by Crippen LogP contribution is 2.71. The number of Topliss-reactive ketones (excluding diaryl/α,β-unsaturated/α-hetero) is 1. The molecule has 8 rings (SSSR count). The van der Waals surface area contributed by atoms with Gasteiger partial charge in [0.25, 0.3) is 0 Å². The normalized spacial score (nSPS) is 36.4. The van der Waals surface area contributed by atoms with E-state index in [1.165, 1.54) is 11.3 Å². The van der Waals surface area contributed by atoms with Gasteiger partial charge in [-0.1, -0.05) is 51.2 Å². The van der Waals surface area contributed by atoms with Crippen molar-refractivity contribution < 1.29 is 24.5 Å². The second-order valence-electron chi connectivity index (χ2n) is 20.7. The third-order valence-electron chi connectivity index (χ3n) is 15.8. The Balaban J connectivity index is 1.26. The molecule has 9 atom stereocenters. The van der Waals surface area contributed by atoms with Gasteiger partial charge in [0, 0.05) is 50.9 Å². The zero-order valence-electron chi connectivity index (χ0n) is 35.4. The summed E-state index contributed by atoms with van der Waals surface area (Å²) < 4.78 is 8.91. The topological polar surface area (TPSA) is 101 Å². The van der Waals surface area contributed by atoms with Crippen molar-refractivity contribution in [3.05, 3.63) is 76.0 Å². The Kier molecular flexibility index (Phi) is 8.50. The summed E-state index contributed by atoms with van der Waals surface area (Å²) in [6.07, 6.45) is 17.2. The van der Waals surface area contributed by atoms with Gasteiger partial charge in [-0.25, -0.2) is 0 Å². The van der Waals surface area contributed by atoms with Gasteiger partial charge in [-0.3, -0.25) is 9.59 Å². The minimum Gasteiger partial charge on any atom is -0.392 e. The van der Waals surface area contributed by atoms with Crippen molar-refractivity contribution in [3.63, 3.8) is 0 Å². The molecular weight excluding hydrogens is 697 g/mol. The summed E-state index contributed by atoms with van der Waals surface area (Å²) in [7, 11) is 0. The summed E-state index contributed by atoms with van der Waals surface area (Å²) in [6.45, 7) is 27.4. The molecule has 0 saturated heterocycles. The molecule has 1 amide bonds. The average Bonchev–Trinajstić information content (AvgIpc) is 3.75. The Labute approximate surface area is 333 Å². The number of benzene rings is 1. The zero-order valence-corrected chi connectivity index (χ0v) is 35.4. The lowest BCUT2D eigenvalue weighted by atomic mass is 9.40. The number of ketones is 1. The molecule has 1 aromatic heterocycles. The lowest BCUT2D eigenvalue weighted by Gasteiger charge is -2.64. The van der Waals surface area contributed by atoms with Crippen molar-refractivity contribution in [2.45, 2.75) is 155 Å². The number of amides is 1. The first kappa shape index (κ1) is 39.1. The molecule has 2 aromatic rings. The number of hydrogen-bond donors (Lipinski definition) is 3. The molecule has 2 saturated carbocycles. The summed E-state index contributed by atoms with van der Waals surface area (Å²) in [6, 6.07) is 1.76. The van der Waals surface area contributed by atoms with E-state index in [4.69, 9.17) is 11.2 Å². The van der Waals surface area contributed by atoms with E-state index in [1.54, 1.807) is 0 Å². The first-order chi connectivity index (χ1) is 26.0. The fraction of sp³-hybridized carbons (Fsp3) is 0.592. The Morgan fingerprint density at radius 3 is 2.48 bits per heavy atom. The van der Waals surface area contributed by atoms with Crippen LogP contribution in [0.1, 0.15) is 153 Å². The molecule has 0 radical (unpaired) electrons. The van der Waals surface area contributed by atoms with Crippen LogP contribution in [0.4, 0.5) is 0 Å². The molecule has 7 nitrogen and oxygen atoms in total. The van der Waals surface area contributed by atoms with E-state index in [-0.39, 0.29) is 34.4 Å². The molecule has 6 aliphatic rings. The van der Waals surface area contributed by atoms with Crippen LogP contribution in [-0.4, -0.2) is 49.3 Å². The fourth-order valence-corrected chi connectivity index (χ4v) is 13.3. The number of allylic oxidation sites excluding steroid dienone is 3. The van der Waals surface area contributed by atoms with Crippen LogP contribution in [0.3, 0.4) is 0 Å². The van der Waals surface area contributed by atoms with Crippen molar-refractivity contribution >= 4 is 28.2 Å². The summed E-state index contributed by atoms with van der Waals surface area (Å²) in [5, 5.41) is 28.3. The minimum atomic E-state index is -0.863. The predicted octanol–water partition coefficient (Wildman–Crippen LogP) is 9.02. The van der Waals surface area contributed by atoms with Crippen LogP contribution in [-0.2, 0) is 21.4 Å². The van der Waals surface area contributed by atoms with Crippen LogP contribution in [0.2, 0.25) is 0 Å². The number of terminal acetylenes is 1. The number of aliphatic hydroxyl groups excluding tert-OH is 2. The molecule has 56 heavy (non-hydrogen) atoms. The minimum absolute atomic E-state index is 0.0266. The van der Waals surface area contributed by atoms with Crippen LogP contribution >= 0.6 is 0 Å². The second kappa shape index (κ2) is 12.2. The molecule has 3 heterocycles. The standard InChI is InChI=1S/C49H62N2O5/c1-14-20-44(5,6)50-43(55)27(4)16-15-21-47(11)33-18-17-28-23-31-30-24-29-32-25-45(7,8)56-46(9,10)37(32)40(53)35(29)36-39(30)51(38(26(2)3)41(36)54)42(31)49(28,13)48(33,12)22-19-34(47)52/h1,15-16,21,24-25,28,33-34,37-38,40,52-53H,2,17-20,22-23H2,3-13H3,(H,50,55)/b21-15+,27-16+. The Morgan fingerprint density at radius 2 is 1.82 bits per heavy atom. The summed E-state index contributed by atoms with van der Waals surface area (Å²) >= 11 is 0. The van der Waals surface area contributed by atoms with Crippen molar-refractivity contribution in [1.82, 2.24) is 9.88 Å². The lowest BCUT2D eigenvalue weighted by molar-refractivity contribution is -0.144. The summed E-state index contributed by atoms with van der Waals surface area (Å²) in [5.41, 5.74) is 5.70. The maximum absolute atomic E-state index is 15.0. The molecule has 4 aliphatic carbocycles. The molecule has 9 unspecified atom stereocenters. The quantitative estimate of drug-likeness (QED) is 0.118. The molecule has 1 aromatic carbocycles. The third-order valence-corrected chi connectivity index (χ3v) is 15.8. The fourth-order valence-electron chi connectivity index (χ4n) is 13.3. The van der Waals surface area contributed by atoms with E-state index < -0.39 is 40.4 Å². The molecule has 7 heteroatoms. The molecule has 298 valence electrons. The zero-order chi connectivity index (χ0) is 40.9. The highest BCUT2D eigenvalue weighted by molar-refractivity contribution is 6.18. The van der Waals surface area contributed by atoms with E-state index in [0.29, 0.717) is 29.9 Å². The number of rotatable bonds is 6. The summed E-state index contributed by atoms with van der Waals surface area (Å²) in [4.78, 5) is 28.0. The Hall–Kier alpha value is -3.70. The van der Waals surface area contributed by atoms with Gasteiger partial charge in [-0.2, -0.15) is 0 Å². The number of nitrogens with one attached hydrogen (secondary N) is 1. The van der Waals surface area contributed by atoms with Gasteiger partial charge in [0.15, 0.2) is 5.78 Å². The number of carbonyl (C=O) groups is 2. The molecule has 2 aliphatic heterocycles. The maximum atomic E-state index is 15.0. The Morgan fingerprint density at radius 1 is 1.12 bits per heavy atom. The largest absolute Gasteiger partial charge is 0.392 e. The van der Waals surface area contributed by atoms with E-state index in [0.717, 1.165) is 58.9 Å². The van der Waals surface area contributed by atoms with Crippen LogP contribution in [0.15, 0.2) is 48.1 Å². The second-order valence-corrected chi connectivity index (χ2v) is 20.7. The van der Waals surface area contributed by atoms with E-state index in [1.807, 2.05) is 39.8 Å². The molecule has 0 spiro atoms. The van der Waals surface area contributed by atoms with Gasteiger partial charge in [-0.15, -0.1) is 12.3 Å². The van der Waals surface area contributed by atoms with E-state index >= 15 is 0 Å². The van der Waals surface area contributed by atoms with E-state index in [9.17, 15) is 19.8 Å². The smallest absolute Gasteiger partial charge is 0.247 e. The van der Waals surface area contributed by atoms with Crippen molar-refractivity contribution in [3.8, 4) is 12.3 Å². The summed E-state index contributed by atoms with van der Waals surface area (Å²) in [5.74, 6) is 2.75. The van der Waals surface area contributed by atoms with Gasteiger partial charge in [0.1, 0.15) is 6.04 Å². The molecule has 3 N–H and O–H groups in total. The number of ether oxygens (including phenoxy) is 1. The number of fused-ring (bicyclic) bond motifs is 11.